The summed E-state index contributed by atoms with van der Waals surface area (Å²) in [6, 6.07) is 15.3. The van der Waals surface area contributed by atoms with E-state index in [9.17, 15) is 9.18 Å². The Morgan fingerprint density at radius 2 is 1.83 bits per heavy atom. The molecule has 0 unspecified atom stereocenters. The van der Waals surface area contributed by atoms with Gasteiger partial charge in [0, 0.05) is 6.54 Å². The van der Waals surface area contributed by atoms with Crippen LogP contribution in [0.3, 0.4) is 0 Å². The molecule has 0 fully saturated rings. The fourth-order valence-corrected chi connectivity index (χ4v) is 2.73. The molecule has 4 nitrogen and oxygen atoms in total. The molecule has 0 aliphatic rings. The first kappa shape index (κ1) is 16.2. The highest BCUT2D eigenvalue weighted by atomic mass is 35.5. The Hall–Kier alpha value is -2.66. The van der Waals surface area contributed by atoms with Gasteiger partial charge in [0.15, 0.2) is 0 Å². The molecule has 6 heteroatoms. The molecule has 0 atom stereocenters. The van der Waals surface area contributed by atoms with Crippen molar-refractivity contribution >= 4 is 17.5 Å². The molecule has 0 aliphatic carbocycles. The zero-order chi connectivity index (χ0) is 17.1. The Morgan fingerprint density at radius 3 is 2.50 bits per heavy atom. The number of halogens is 2. The van der Waals surface area contributed by atoms with Crippen LogP contribution in [0.25, 0.3) is 5.69 Å². The summed E-state index contributed by atoms with van der Waals surface area (Å²) >= 11 is 6.33. The highest BCUT2D eigenvalue weighted by Gasteiger charge is 2.20. The summed E-state index contributed by atoms with van der Waals surface area (Å²) in [6.45, 7) is 2.11. The normalized spacial score (nSPS) is 10.6. The second kappa shape index (κ2) is 6.84. The zero-order valence-corrected chi connectivity index (χ0v) is 13.7. The van der Waals surface area contributed by atoms with Gasteiger partial charge in [0.25, 0.3) is 5.91 Å². The molecule has 1 N–H and O–H groups in total. The molecule has 122 valence electrons. The SMILES string of the molecule is Cc1nn(-c2ccc(F)cc2)c(Cl)c1C(=O)NCc1ccccc1. The number of nitrogens with one attached hydrogen (secondary N) is 1. The lowest BCUT2D eigenvalue weighted by Crippen LogP contribution is -2.23. The van der Waals surface area contributed by atoms with E-state index >= 15 is 0 Å². The first-order chi connectivity index (χ1) is 11.6. The predicted octanol–water partition coefficient (Wildman–Crippen LogP) is 3.90. The Bertz CT molecular complexity index is 860. The highest BCUT2D eigenvalue weighted by Crippen LogP contribution is 2.23. The average Bonchev–Trinajstić information content (AvgIpc) is 2.89. The van der Waals surface area contributed by atoms with Gasteiger partial charge >= 0.3 is 0 Å². The van der Waals surface area contributed by atoms with Crippen LogP contribution in [0.5, 0.6) is 0 Å². The number of benzene rings is 2. The molecule has 0 spiro atoms. The second-order valence-corrected chi connectivity index (χ2v) is 5.67. The van der Waals surface area contributed by atoms with Crippen molar-refractivity contribution in [1.29, 1.82) is 0 Å². The van der Waals surface area contributed by atoms with Crippen LogP contribution in [0.4, 0.5) is 4.39 Å². The standard InChI is InChI=1S/C18H15ClFN3O/c1-12-16(18(24)21-11-13-5-3-2-4-6-13)17(19)23(22-12)15-9-7-14(20)8-10-15/h2-10H,11H2,1H3,(H,21,24). The molecule has 0 bridgehead atoms. The summed E-state index contributed by atoms with van der Waals surface area (Å²) in [5.74, 6) is -0.644. The number of hydrogen-bond donors (Lipinski definition) is 1. The molecule has 3 rings (SSSR count). The van der Waals surface area contributed by atoms with Crippen molar-refractivity contribution in [3.8, 4) is 5.69 Å². The second-order valence-electron chi connectivity index (χ2n) is 5.31. The van der Waals surface area contributed by atoms with E-state index in [2.05, 4.69) is 10.4 Å². The van der Waals surface area contributed by atoms with Gasteiger partial charge in [0.2, 0.25) is 0 Å². The number of carbonyl (C=O) groups is 1. The van der Waals surface area contributed by atoms with Gasteiger partial charge in [-0.15, -0.1) is 0 Å². The van der Waals surface area contributed by atoms with E-state index < -0.39 is 0 Å². The van der Waals surface area contributed by atoms with Crippen LogP contribution < -0.4 is 5.32 Å². The van der Waals surface area contributed by atoms with Crippen LogP contribution in [0.1, 0.15) is 21.6 Å². The summed E-state index contributed by atoms with van der Waals surface area (Å²) in [5.41, 5.74) is 2.41. The fourth-order valence-electron chi connectivity index (χ4n) is 2.38. The van der Waals surface area contributed by atoms with E-state index in [1.54, 1.807) is 19.1 Å². The van der Waals surface area contributed by atoms with Gasteiger partial charge in [-0.1, -0.05) is 41.9 Å². The fraction of sp³-hybridized carbons (Fsp3) is 0.111. The monoisotopic (exact) mass is 343 g/mol. The molecule has 3 aromatic rings. The van der Waals surface area contributed by atoms with Gasteiger partial charge in [-0.05, 0) is 36.8 Å². The minimum Gasteiger partial charge on any atom is -0.348 e. The average molecular weight is 344 g/mol. The number of hydrogen-bond acceptors (Lipinski definition) is 2. The summed E-state index contributed by atoms with van der Waals surface area (Å²) in [4.78, 5) is 12.4. The van der Waals surface area contributed by atoms with E-state index in [1.165, 1.54) is 16.8 Å². The summed E-state index contributed by atoms with van der Waals surface area (Å²) in [5, 5.41) is 7.32. The van der Waals surface area contributed by atoms with Gasteiger partial charge in [-0.2, -0.15) is 5.10 Å². The topological polar surface area (TPSA) is 46.9 Å². The number of carbonyl (C=O) groups excluding carboxylic acids is 1. The zero-order valence-electron chi connectivity index (χ0n) is 13.0. The summed E-state index contributed by atoms with van der Waals surface area (Å²) < 4.78 is 14.5. The van der Waals surface area contributed by atoms with Crippen molar-refractivity contribution in [2.24, 2.45) is 0 Å². The Kier molecular flexibility index (Phi) is 4.62. The molecule has 0 radical (unpaired) electrons. The Labute approximate surface area is 143 Å². The van der Waals surface area contributed by atoms with Gasteiger partial charge in [0.05, 0.1) is 16.9 Å². The Morgan fingerprint density at radius 1 is 1.17 bits per heavy atom. The lowest BCUT2D eigenvalue weighted by Gasteiger charge is -2.06. The van der Waals surface area contributed by atoms with Crippen molar-refractivity contribution < 1.29 is 9.18 Å². The van der Waals surface area contributed by atoms with Crippen molar-refractivity contribution in [2.75, 3.05) is 0 Å². The maximum atomic E-state index is 13.1. The molecule has 1 amide bonds. The van der Waals surface area contributed by atoms with Crippen LogP contribution in [-0.2, 0) is 6.54 Å². The molecule has 24 heavy (non-hydrogen) atoms. The predicted molar refractivity (Wildman–Crippen MR) is 90.9 cm³/mol. The number of nitrogens with zero attached hydrogens (tertiary/aromatic N) is 2. The number of aryl methyl sites for hydroxylation is 1. The highest BCUT2D eigenvalue weighted by molar-refractivity contribution is 6.33. The molecule has 1 aromatic heterocycles. The van der Waals surface area contributed by atoms with Crippen LogP contribution >= 0.6 is 11.6 Å². The lowest BCUT2D eigenvalue weighted by atomic mass is 10.2. The van der Waals surface area contributed by atoms with Gasteiger partial charge < -0.3 is 5.32 Å². The van der Waals surface area contributed by atoms with Crippen molar-refractivity contribution in [3.63, 3.8) is 0 Å². The largest absolute Gasteiger partial charge is 0.348 e. The molecule has 0 aliphatic heterocycles. The number of aromatic nitrogens is 2. The van der Waals surface area contributed by atoms with Crippen LogP contribution in [0.15, 0.2) is 54.6 Å². The molecule has 1 heterocycles. The number of rotatable bonds is 4. The molecular formula is C18H15ClFN3O. The maximum absolute atomic E-state index is 13.1. The van der Waals surface area contributed by atoms with Gasteiger partial charge in [-0.3, -0.25) is 4.79 Å². The summed E-state index contributed by atoms with van der Waals surface area (Å²) in [7, 11) is 0. The minimum atomic E-state index is -0.348. The van der Waals surface area contributed by atoms with E-state index in [4.69, 9.17) is 11.6 Å². The van der Waals surface area contributed by atoms with Gasteiger partial charge in [-0.25, -0.2) is 9.07 Å². The number of amides is 1. The third-order valence-corrected chi connectivity index (χ3v) is 3.95. The lowest BCUT2D eigenvalue weighted by molar-refractivity contribution is 0.0950. The van der Waals surface area contributed by atoms with Gasteiger partial charge in [0.1, 0.15) is 11.0 Å². The van der Waals surface area contributed by atoms with Crippen LogP contribution in [0, 0.1) is 12.7 Å². The van der Waals surface area contributed by atoms with Crippen molar-refractivity contribution in [3.05, 3.63) is 82.4 Å². The van der Waals surface area contributed by atoms with E-state index in [0.717, 1.165) is 5.56 Å². The molecule has 0 saturated heterocycles. The van der Waals surface area contributed by atoms with Crippen LogP contribution in [-0.4, -0.2) is 15.7 Å². The first-order valence-electron chi connectivity index (χ1n) is 7.39. The van der Waals surface area contributed by atoms with Crippen molar-refractivity contribution in [2.45, 2.75) is 13.5 Å². The maximum Gasteiger partial charge on any atom is 0.256 e. The molecular weight excluding hydrogens is 329 g/mol. The minimum absolute atomic E-state index is 0.199. The summed E-state index contributed by atoms with van der Waals surface area (Å²) in [6.07, 6.45) is 0. The van der Waals surface area contributed by atoms with E-state index in [-0.39, 0.29) is 16.9 Å². The van der Waals surface area contributed by atoms with E-state index in [1.807, 2.05) is 30.3 Å². The first-order valence-corrected chi connectivity index (χ1v) is 7.77. The third-order valence-electron chi connectivity index (χ3n) is 3.60. The third kappa shape index (κ3) is 3.31. The van der Waals surface area contributed by atoms with Crippen LogP contribution in [0.2, 0.25) is 5.15 Å². The van der Waals surface area contributed by atoms with E-state index in [0.29, 0.717) is 23.5 Å². The quantitative estimate of drug-likeness (QED) is 0.781. The Balaban J connectivity index is 1.83. The smallest absolute Gasteiger partial charge is 0.256 e. The molecule has 0 saturated carbocycles. The van der Waals surface area contributed by atoms with Crippen molar-refractivity contribution in [1.82, 2.24) is 15.1 Å². The molecule has 2 aromatic carbocycles.